The van der Waals surface area contributed by atoms with Crippen molar-refractivity contribution in [3.05, 3.63) is 60.2 Å². The highest BCUT2D eigenvalue weighted by Gasteiger charge is 2.17. The zero-order valence-electron chi connectivity index (χ0n) is 14.6. The van der Waals surface area contributed by atoms with Crippen LogP contribution in [0.2, 0.25) is 0 Å². The van der Waals surface area contributed by atoms with Gasteiger partial charge in [0, 0.05) is 13.1 Å². The molecular formula is C18H23NO4S2. The Balaban J connectivity index is 2.15. The summed E-state index contributed by atoms with van der Waals surface area (Å²) in [6, 6.07) is 16.1. The van der Waals surface area contributed by atoms with Crippen LogP contribution in [0.5, 0.6) is 5.75 Å². The minimum absolute atomic E-state index is 0.269. The molecular weight excluding hydrogens is 358 g/mol. The van der Waals surface area contributed by atoms with E-state index in [9.17, 15) is 12.6 Å². The van der Waals surface area contributed by atoms with Crippen LogP contribution >= 0.6 is 0 Å². The molecule has 2 aromatic carbocycles. The maximum atomic E-state index is 12.9. The summed E-state index contributed by atoms with van der Waals surface area (Å²) >= 11 is 0. The van der Waals surface area contributed by atoms with E-state index in [-0.39, 0.29) is 5.75 Å². The van der Waals surface area contributed by atoms with E-state index in [1.807, 2.05) is 34.6 Å². The van der Waals surface area contributed by atoms with Gasteiger partial charge in [-0.2, -0.15) is 8.42 Å². The lowest BCUT2D eigenvalue weighted by Crippen LogP contribution is -2.29. The summed E-state index contributed by atoms with van der Waals surface area (Å²) in [5, 5.41) is 0. The molecule has 136 valence electrons. The number of nitrogens with zero attached hydrogens (tertiary/aromatic N) is 1. The van der Waals surface area contributed by atoms with E-state index in [2.05, 4.69) is 13.8 Å². The first-order valence-corrected chi connectivity index (χ1v) is 10.9. The molecule has 0 amide bonds. The summed E-state index contributed by atoms with van der Waals surface area (Å²) in [4.78, 5) is 0.764. The van der Waals surface area contributed by atoms with Crippen LogP contribution in [-0.4, -0.2) is 29.7 Å². The molecule has 0 heterocycles. The van der Waals surface area contributed by atoms with Crippen LogP contribution in [0.15, 0.2) is 59.5 Å². The summed E-state index contributed by atoms with van der Waals surface area (Å²) in [7, 11) is -4.79. The second-order valence-corrected chi connectivity index (χ2v) is 9.27. The Labute approximate surface area is 152 Å². The van der Waals surface area contributed by atoms with Crippen molar-refractivity contribution in [3.8, 4) is 5.75 Å². The number of hydrogen-bond acceptors (Lipinski definition) is 4. The van der Waals surface area contributed by atoms with Gasteiger partial charge in [-0.1, -0.05) is 44.2 Å². The first-order valence-electron chi connectivity index (χ1n) is 7.95. The maximum Gasteiger partial charge on any atom is 0.306 e. The largest absolute Gasteiger partial charge is 0.383 e. The van der Waals surface area contributed by atoms with Crippen LogP contribution in [0.25, 0.3) is 0 Å². The van der Waals surface area contributed by atoms with Gasteiger partial charge in [-0.15, -0.1) is 0 Å². The molecule has 2 rings (SSSR count). The predicted molar refractivity (Wildman–Crippen MR) is 100 cm³/mol. The summed E-state index contributed by atoms with van der Waals surface area (Å²) < 4.78 is 41.9. The molecule has 0 aliphatic heterocycles. The van der Waals surface area contributed by atoms with Gasteiger partial charge in [-0.25, -0.2) is 8.51 Å². The van der Waals surface area contributed by atoms with Gasteiger partial charge < -0.3 is 4.18 Å². The van der Waals surface area contributed by atoms with Crippen LogP contribution in [0.1, 0.15) is 19.4 Å². The zero-order chi connectivity index (χ0) is 18.4. The van der Waals surface area contributed by atoms with Gasteiger partial charge in [-0.3, -0.25) is 0 Å². The first kappa shape index (κ1) is 19.6. The molecule has 0 bridgehead atoms. The maximum absolute atomic E-state index is 12.9. The molecule has 0 aromatic heterocycles. The van der Waals surface area contributed by atoms with E-state index in [0.717, 1.165) is 16.7 Å². The summed E-state index contributed by atoms with van der Waals surface area (Å²) in [6.45, 7) is 5.35. The number of hydrogen-bond donors (Lipinski definition) is 0. The molecule has 1 unspecified atom stereocenters. The van der Waals surface area contributed by atoms with E-state index in [1.165, 1.54) is 0 Å². The summed E-state index contributed by atoms with van der Waals surface area (Å²) in [5.74, 6) is 0.631. The average molecular weight is 382 g/mol. The highest BCUT2D eigenvalue weighted by molar-refractivity contribution is 7.86. The fraction of sp³-hybridized carbons (Fsp3) is 0.333. The van der Waals surface area contributed by atoms with Gasteiger partial charge in [0.25, 0.3) is 0 Å². The molecule has 0 aliphatic carbocycles. The van der Waals surface area contributed by atoms with Gasteiger partial charge in [-0.05, 0) is 35.7 Å². The van der Waals surface area contributed by atoms with Crippen LogP contribution in [0.3, 0.4) is 0 Å². The minimum atomic E-state index is -3.54. The van der Waals surface area contributed by atoms with E-state index >= 15 is 0 Å². The van der Waals surface area contributed by atoms with Gasteiger partial charge >= 0.3 is 10.1 Å². The smallest absolute Gasteiger partial charge is 0.306 e. The molecule has 1 atom stereocenters. The van der Waals surface area contributed by atoms with Crippen LogP contribution in [-0.2, 0) is 27.6 Å². The highest BCUT2D eigenvalue weighted by Crippen LogP contribution is 2.19. The third-order valence-electron chi connectivity index (χ3n) is 3.28. The second-order valence-electron chi connectivity index (χ2n) is 6.21. The summed E-state index contributed by atoms with van der Waals surface area (Å²) in [5.41, 5.74) is 0.936. The third kappa shape index (κ3) is 6.61. The zero-order valence-corrected chi connectivity index (χ0v) is 16.2. The normalized spacial score (nSPS) is 13.2. The Morgan fingerprint density at radius 3 is 2.16 bits per heavy atom. The topological polar surface area (TPSA) is 63.7 Å². The van der Waals surface area contributed by atoms with Crippen molar-refractivity contribution in [3.63, 3.8) is 0 Å². The van der Waals surface area contributed by atoms with Crippen LogP contribution in [0, 0.1) is 5.92 Å². The Bertz CT molecular complexity index is 803. The van der Waals surface area contributed by atoms with Crippen molar-refractivity contribution in [1.29, 1.82) is 0 Å². The van der Waals surface area contributed by atoms with Crippen molar-refractivity contribution >= 4 is 21.1 Å². The number of rotatable bonds is 8. The Hall–Kier alpha value is -1.70. The molecule has 2 aromatic rings. The fourth-order valence-corrected chi connectivity index (χ4v) is 4.16. The molecule has 0 N–H and O–H groups in total. The molecule has 0 radical (unpaired) electrons. The molecule has 0 saturated carbocycles. The molecule has 0 spiro atoms. The highest BCUT2D eigenvalue weighted by atomic mass is 32.2. The summed E-state index contributed by atoms with van der Waals surface area (Å²) in [6.07, 6.45) is 1.01. The average Bonchev–Trinajstić information content (AvgIpc) is 2.54. The first-order chi connectivity index (χ1) is 11.7. The molecule has 0 saturated heterocycles. The van der Waals surface area contributed by atoms with E-state index in [1.54, 1.807) is 24.3 Å². The Kier molecular flexibility index (Phi) is 6.75. The van der Waals surface area contributed by atoms with Crippen LogP contribution < -0.4 is 4.18 Å². The monoisotopic (exact) mass is 381 g/mol. The van der Waals surface area contributed by atoms with Gasteiger partial charge in [0.2, 0.25) is 0 Å². The third-order valence-corrected chi connectivity index (χ3v) is 5.20. The van der Waals surface area contributed by atoms with Crippen molar-refractivity contribution in [2.45, 2.75) is 25.3 Å². The van der Waals surface area contributed by atoms with Crippen molar-refractivity contribution in [1.82, 2.24) is 4.31 Å². The fourth-order valence-electron chi connectivity index (χ4n) is 2.31. The molecule has 5 nitrogen and oxygen atoms in total. The quantitative estimate of drug-likeness (QED) is 0.659. The SMILES string of the molecule is CC(C)CN(Cc1ccc(OS(C)(=O)=O)cc1)S(=O)c1ccccc1. The molecule has 0 aliphatic rings. The predicted octanol–water partition coefficient (Wildman–Crippen LogP) is 3.21. The van der Waals surface area contributed by atoms with Gasteiger partial charge in [0.05, 0.1) is 11.2 Å². The van der Waals surface area contributed by atoms with E-state index < -0.39 is 21.1 Å². The lowest BCUT2D eigenvalue weighted by atomic mass is 10.2. The second kappa shape index (κ2) is 8.60. The van der Waals surface area contributed by atoms with Crippen molar-refractivity contribution < 1.29 is 16.8 Å². The standard InChI is InChI=1S/C18H23NO4S2/c1-15(2)13-19(24(20)18-7-5-4-6-8-18)14-16-9-11-17(12-10-16)23-25(3,21)22/h4-12,15H,13-14H2,1-3H3. The Morgan fingerprint density at radius 2 is 1.64 bits per heavy atom. The molecule has 7 heteroatoms. The van der Waals surface area contributed by atoms with Crippen molar-refractivity contribution in [2.75, 3.05) is 12.8 Å². The molecule has 0 fully saturated rings. The lowest BCUT2D eigenvalue weighted by Gasteiger charge is -2.23. The number of benzene rings is 2. The lowest BCUT2D eigenvalue weighted by molar-refractivity contribution is 0.384. The molecule has 25 heavy (non-hydrogen) atoms. The van der Waals surface area contributed by atoms with Crippen molar-refractivity contribution in [2.24, 2.45) is 5.92 Å². The Morgan fingerprint density at radius 1 is 1.04 bits per heavy atom. The minimum Gasteiger partial charge on any atom is -0.383 e. The van der Waals surface area contributed by atoms with Gasteiger partial charge in [0.15, 0.2) is 0 Å². The van der Waals surface area contributed by atoms with E-state index in [0.29, 0.717) is 19.0 Å². The van der Waals surface area contributed by atoms with E-state index in [4.69, 9.17) is 4.18 Å². The van der Waals surface area contributed by atoms with Gasteiger partial charge in [0.1, 0.15) is 16.7 Å². The van der Waals surface area contributed by atoms with Crippen LogP contribution in [0.4, 0.5) is 0 Å².